The number of fused-ring (bicyclic) bond motifs is 1. The number of aromatic nitrogens is 2. The van der Waals surface area contributed by atoms with Crippen LogP contribution in [0.2, 0.25) is 0 Å². The summed E-state index contributed by atoms with van der Waals surface area (Å²) in [5.41, 5.74) is 8.81. The first-order valence-corrected chi connectivity index (χ1v) is 6.70. The topological polar surface area (TPSA) is 70.1 Å². The van der Waals surface area contributed by atoms with E-state index in [1.807, 2.05) is 24.3 Å². The molecular weight excluding hydrogens is 266 g/mol. The number of benzene rings is 2. The molecule has 1 heterocycles. The van der Waals surface area contributed by atoms with Gasteiger partial charge >= 0.3 is 5.97 Å². The van der Waals surface area contributed by atoms with E-state index >= 15 is 0 Å². The van der Waals surface area contributed by atoms with Crippen LogP contribution in [0.3, 0.4) is 0 Å². The fraction of sp³-hybridized carbons (Fsp3) is 0.125. The van der Waals surface area contributed by atoms with Crippen molar-refractivity contribution in [2.24, 2.45) is 0 Å². The van der Waals surface area contributed by atoms with Crippen molar-refractivity contribution < 1.29 is 9.53 Å². The molecule has 0 atom stereocenters. The van der Waals surface area contributed by atoms with E-state index in [1.165, 1.54) is 0 Å². The van der Waals surface area contributed by atoms with E-state index in [2.05, 4.69) is 5.10 Å². The average molecular weight is 281 g/mol. The third kappa shape index (κ3) is 2.33. The van der Waals surface area contributed by atoms with E-state index in [1.54, 1.807) is 36.0 Å². The van der Waals surface area contributed by atoms with Gasteiger partial charge in [0, 0.05) is 11.1 Å². The van der Waals surface area contributed by atoms with Crippen molar-refractivity contribution in [3.05, 3.63) is 54.2 Å². The lowest BCUT2D eigenvalue weighted by Crippen LogP contribution is -2.06. The van der Waals surface area contributed by atoms with Gasteiger partial charge in [-0.2, -0.15) is 5.10 Å². The first-order valence-electron chi connectivity index (χ1n) is 6.70. The summed E-state index contributed by atoms with van der Waals surface area (Å²) in [7, 11) is 0. The van der Waals surface area contributed by atoms with Gasteiger partial charge in [0.05, 0.1) is 29.6 Å². The van der Waals surface area contributed by atoms with Gasteiger partial charge in [-0.1, -0.05) is 12.1 Å². The predicted octanol–water partition coefficient (Wildman–Crippen LogP) is 2.78. The second-order valence-electron chi connectivity index (χ2n) is 4.61. The summed E-state index contributed by atoms with van der Waals surface area (Å²) in [5, 5.41) is 5.25. The summed E-state index contributed by atoms with van der Waals surface area (Å²) in [6, 6.07) is 12.8. The van der Waals surface area contributed by atoms with Gasteiger partial charge in [-0.3, -0.25) is 0 Å². The quantitative estimate of drug-likeness (QED) is 0.592. The Hall–Kier alpha value is -2.82. The van der Waals surface area contributed by atoms with E-state index < -0.39 is 0 Å². The molecule has 5 heteroatoms. The van der Waals surface area contributed by atoms with Crippen molar-refractivity contribution in [3.8, 4) is 5.69 Å². The Bertz CT molecular complexity index is 808. The number of hydrogen-bond acceptors (Lipinski definition) is 4. The maximum Gasteiger partial charge on any atom is 0.338 e. The molecule has 1 aromatic heterocycles. The maximum absolute atomic E-state index is 11.8. The van der Waals surface area contributed by atoms with Crippen LogP contribution < -0.4 is 5.73 Å². The Labute approximate surface area is 121 Å². The van der Waals surface area contributed by atoms with Crippen molar-refractivity contribution >= 4 is 22.6 Å². The minimum Gasteiger partial charge on any atom is -0.462 e. The highest BCUT2D eigenvalue weighted by molar-refractivity contribution is 5.92. The Morgan fingerprint density at radius 1 is 1.29 bits per heavy atom. The molecule has 0 spiro atoms. The molecular formula is C16H15N3O2. The van der Waals surface area contributed by atoms with Crippen LogP contribution in [0.15, 0.2) is 48.7 Å². The third-order valence-corrected chi connectivity index (χ3v) is 3.25. The molecule has 0 aliphatic carbocycles. The van der Waals surface area contributed by atoms with Crippen LogP contribution in [0.5, 0.6) is 0 Å². The number of nitrogen functional groups attached to an aromatic ring is 1. The Balaban J connectivity index is 2.09. The Morgan fingerprint density at radius 2 is 2.10 bits per heavy atom. The molecule has 0 aliphatic heterocycles. The average Bonchev–Trinajstić information content (AvgIpc) is 2.93. The minimum atomic E-state index is -0.338. The van der Waals surface area contributed by atoms with E-state index in [4.69, 9.17) is 10.5 Å². The monoisotopic (exact) mass is 281 g/mol. The highest BCUT2D eigenvalue weighted by atomic mass is 16.5. The van der Waals surface area contributed by atoms with Crippen LogP contribution in [0, 0.1) is 0 Å². The van der Waals surface area contributed by atoms with Gasteiger partial charge in [-0.15, -0.1) is 0 Å². The number of esters is 1. The molecule has 0 unspecified atom stereocenters. The Kier molecular flexibility index (Phi) is 3.31. The molecule has 0 saturated heterocycles. The third-order valence-electron chi connectivity index (χ3n) is 3.25. The molecule has 0 saturated carbocycles. The van der Waals surface area contributed by atoms with E-state index in [0.717, 1.165) is 16.6 Å². The number of nitrogens with zero attached hydrogens (tertiary/aromatic N) is 2. The highest BCUT2D eigenvalue weighted by Gasteiger charge is 2.10. The van der Waals surface area contributed by atoms with Crippen molar-refractivity contribution in [1.82, 2.24) is 9.78 Å². The fourth-order valence-electron chi connectivity index (χ4n) is 2.26. The molecule has 0 amide bonds. The van der Waals surface area contributed by atoms with Crippen molar-refractivity contribution in [2.45, 2.75) is 6.92 Å². The number of carbonyl (C=O) groups excluding carboxylic acids is 1. The van der Waals surface area contributed by atoms with Gasteiger partial charge in [-0.05, 0) is 37.3 Å². The first-order chi connectivity index (χ1) is 10.2. The van der Waals surface area contributed by atoms with Crippen molar-refractivity contribution in [3.63, 3.8) is 0 Å². The largest absolute Gasteiger partial charge is 0.462 e. The summed E-state index contributed by atoms with van der Waals surface area (Å²) in [5.74, 6) is -0.338. The number of ether oxygens (including phenoxy) is 1. The predicted molar refractivity (Wildman–Crippen MR) is 81.4 cm³/mol. The SMILES string of the molecule is CCOC(=O)c1cccc(-n2ncc3c(N)cccc32)c1. The number of rotatable bonds is 3. The van der Waals surface area contributed by atoms with Gasteiger partial charge in [0.1, 0.15) is 0 Å². The summed E-state index contributed by atoms with van der Waals surface area (Å²) >= 11 is 0. The zero-order chi connectivity index (χ0) is 14.8. The van der Waals surface area contributed by atoms with Crippen LogP contribution in [-0.2, 0) is 4.74 Å². The number of anilines is 1. The second kappa shape index (κ2) is 5.28. The van der Waals surface area contributed by atoms with Gasteiger partial charge < -0.3 is 10.5 Å². The number of nitrogens with two attached hydrogens (primary N) is 1. The van der Waals surface area contributed by atoms with Gasteiger partial charge in [0.15, 0.2) is 0 Å². The van der Waals surface area contributed by atoms with Crippen LogP contribution in [-0.4, -0.2) is 22.4 Å². The van der Waals surface area contributed by atoms with E-state index in [-0.39, 0.29) is 5.97 Å². The standard InChI is InChI=1S/C16H15N3O2/c1-2-21-16(20)11-5-3-6-12(9-11)19-15-8-4-7-14(17)13(15)10-18-19/h3-10H,2,17H2,1H3. The maximum atomic E-state index is 11.8. The number of carbonyl (C=O) groups is 1. The Morgan fingerprint density at radius 3 is 2.90 bits per heavy atom. The fourth-order valence-corrected chi connectivity index (χ4v) is 2.26. The van der Waals surface area contributed by atoms with Crippen LogP contribution in [0.4, 0.5) is 5.69 Å². The number of hydrogen-bond donors (Lipinski definition) is 1. The summed E-state index contributed by atoms with van der Waals surface area (Å²) in [6.45, 7) is 2.13. The van der Waals surface area contributed by atoms with Gasteiger partial charge in [-0.25, -0.2) is 9.48 Å². The molecule has 2 aromatic carbocycles. The molecule has 3 rings (SSSR count). The lowest BCUT2D eigenvalue weighted by atomic mass is 10.2. The molecule has 0 radical (unpaired) electrons. The highest BCUT2D eigenvalue weighted by Crippen LogP contribution is 2.23. The lowest BCUT2D eigenvalue weighted by molar-refractivity contribution is 0.0526. The van der Waals surface area contributed by atoms with Crippen LogP contribution in [0.25, 0.3) is 16.6 Å². The molecule has 5 nitrogen and oxygen atoms in total. The van der Waals surface area contributed by atoms with E-state index in [9.17, 15) is 4.79 Å². The minimum absolute atomic E-state index is 0.338. The zero-order valence-electron chi connectivity index (χ0n) is 11.6. The molecule has 0 bridgehead atoms. The van der Waals surface area contributed by atoms with Crippen LogP contribution in [0.1, 0.15) is 17.3 Å². The molecule has 0 aliphatic rings. The van der Waals surface area contributed by atoms with Gasteiger partial charge in [0.25, 0.3) is 0 Å². The molecule has 106 valence electrons. The lowest BCUT2D eigenvalue weighted by Gasteiger charge is -2.06. The van der Waals surface area contributed by atoms with Crippen molar-refractivity contribution in [1.29, 1.82) is 0 Å². The second-order valence-corrected chi connectivity index (χ2v) is 4.61. The summed E-state index contributed by atoms with van der Waals surface area (Å²) < 4.78 is 6.78. The van der Waals surface area contributed by atoms with Gasteiger partial charge in [0.2, 0.25) is 0 Å². The smallest absolute Gasteiger partial charge is 0.338 e. The summed E-state index contributed by atoms with van der Waals surface area (Å²) in [4.78, 5) is 11.8. The first kappa shape index (κ1) is 13.2. The molecule has 0 fully saturated rings. The zero-order valence-corrected chi connectivity index (χ0v) is 11.6. The normalized spacial score (nSPS) is 10.7. The molecule has 3 aromatic rings. The van der Waals surface area contributed by atoms with Crippen LogP contribution >= 0.6 is 0 Å². The summed E-state index contributed by atoms with van der Waals surface area (Å²) in [6.07, 6.45) is 1.72. The molecule has 2 N–H and O–H groups in total. The van der Waals surface area contributed by atoms with E-state index in [0.29, 0.717) is 17.9 Å². The van der Waals surface area contributed by atoms with Crippen molar-refractivity contribution in [2.75, 3.05) is 12.3 Å². The molecule has 21 heavy (non-hydrogen) atoms.